The van der Waals surface area contributed by atoms with Crippen LogP contribution in [0.1, 0.15) is 57.4 Å². The minimum absolute atomic E-state index is 0.219. The minimum atomic E-state index is 0.219. The molecule has 0 amide bonds. The van der Waals surface area contributed by atoms with E-state index >= 15 is 0 Å². The van der Waals surface area contributed by atoms with Crippen molar-refractivity contribution in [1.29, 1.82) is 0 Å². The second kappa shape index (κ2) is 12.0. The van der Waals surface area contributed by atoms with Crippen molar-refractivity contribution < 1.29 is 4.79 Å². The first kappa shape index (κ1) is 24.9. The van der Waals surface area contributed by atoms with Gasteiger partial charge in [0.05, 0.1) is 0 Å². The van der Waals surface area contributed by atoms with Crippen molar-refractivity contribution in [3.8, 4) is 0 Å². The first-order valence-electron chi connectivity index (χ1n) is 12.5. The molecule has 0 saturated carbocycles. The summed E-state index contributed by atoms with van der Waals surface area (Å²) in [6, 6.07) is 25.4. The topological polar surface area (TPSA) is 20.3 Å². The third kappa shape index (κ3) is 6.46. The number of nitrogens with zero attached hydrogens (tertiary/aromatic N) is 1. The zero-order valence-electron chi connectivity index (χ0n) is 20.5. The van der Waals surface area contributed by atoms with Crippen LogP contribution in [-0.2, 0) is 18.3 Å². The Kier molecular flexibility index (Phi) is 8.74. The Balaban J connectivity index is 0.000000291. The Morgan fingerprint density at radius 2 is 1.44 bits per heavy atom. The summed E-state index contributed by atoms with van der Waals surface area (Å²) in [5.41, 5.74) is 7.56. The molecule has 1 aliphatic heterocycles. The van der Waals surface area contributed by atoms with Crippen LogP contribution in [0.3, 0.4) is 0 Å². The highest BCUT2D eigenvalue weighted by Gasteiger charge is 2.33. The van der Waals surface area contributed by atoms with Crippen LogP contribution in [0.15, 0.2) is 72.8 Å². The molecular weight excluding hydrogens is 482 g/mol. The highest BCUT2D eigenvalue weighted by atomic mass is 79.9. The lowest BCUT2D eigenvalue weighted by Crippen LogP contribution is -2.34. The molecule has 1 unspecified atom stereocenters. The van der Waals surface area contributed by atoms with Crippen molar-refractivity contribution in [2.75, 3.05) is 13.1 Å². The number of piperidine rings is 1. The number of carbonyl (C=O) groups is 1. The first-order chi connectivity index (χ1) is 16.5. The molecule has 0 N–H and O–H groups in total. The maximum absolute atomic E-state index is 12.8. The van der Waals surface area contributed by atoms with Gasteiger partial charge in [0.25, 0.3) is 0 Å². The molecule has 3 aromatic rings. The Labute approximate surface area is 213 Å². The van der Waals surface area contributed by atoms with Gasteiger partial charge in [-0.25, -0.2) is 0 Å². The Morgan fingerprint density at radius 1 is 0.853 bits per heavy atom. The van der Waals surface area contributed by atoms with Gasteiger partial charge >= 0.3 is 0 Å². The number of aryl methyl sites for hydroxylation is 2. The summed E-state index contributed by atoms with van der Waals surface area (Å²) < 4.78 is 0. The van der Waals surface area contributed by atoms with Gasteiger partial charge in [-0.3, -0.25) is 9.69 Å². The lowest BCUT2D eigenvalue weighted by molar-refractivity contribution is 0.0895. The molecule has 0 aromatic heterocycles. The summed E-state index contributed by atoms with van der Waals surface area (Å²) in [6.45, 7) is 7.63. The van der Waals surface area contributed by atoms with Crippen molar-refractivity contribution in [2.24, 2.45) is 11.8 Å². The monoisotopic (exact) mass is 517 g/mol. The summed E-state index contributed by atoms with van der Waals surface area (Å²) in [5.74, 6) is 1.32. The molecule has 5 rings (SSSR count). The lowest BCUT2D eigenvalue weighted by atomic mass is 9.85. The van der Waals surface area contributed by atoms with Gasteiger partial charge in [-0.15, -0.1) is 0 Å². The summed E-state index contributed by atoms with van der Waals surface area (Å²) in [7, 11) is 0. The van der Waals surface area contributed by atoms with E-state index in [4.69, 9.17) is 0 Å². The van der Waals surface area contributed by atoms with E-state index < -0.39 is 0 Å². The standard InChI is InChI=1S/C24H29NO.C7H7Br/c1-17-12-21-15-22(24(26)23(21)13-18(17)2)14-19-8-10-25(11-9-19)16-20-6-4-3-5-7-20;8-6-7-4-2-1-3-5-7/h3-7,12-13,19,22H,8-11,14-16H2,1-2H3;1-5H,6H2. The molecular formula is C31H36BrNO. The summed E-state index contributed by atoms with van der Waals surface area (Å²) in [6.07, 6.45) is 4.49. The normalized spacial score (nSPS) is 18.3. The minimum Gasteiger partial charge on any atom is -0.299 e. The van der Waals surface area contributed by atoms with E-state index in [9.17, 15) is 4.79 Å². The number of fused-ring (bicyclic) bond motifs is 1. The molecule has 34 heavy (non-hydrogen) atoms. The van der Waals surface area contributed by atoms with Crippen molar-refractivity contribution in [1.82, 2.24) is 4.90 Å². The van der Waals surface area contributed by atoms with Crippen LogP contribution in [0, 0.1) is 25.7 Å². The van der Waals surface area contributed by atoms with Crippen LogP contribution in [0.25, 0.3) is 0 Å². The number of likely N-dealkylation sites (tertiary alicyclic amines) is 1. The Morgan fingerprint density at radius 3 is 2.03 bits per heavy atom. The quantitative estimate of drug-likeness (QED) is 0.325. The Hall–Kier alpha value is -2.23. The molecule has 1 atom stereocenters. The molecule has 3 heteroatoms. The van der Waals surface area contributed by atoms with Crippen LogP contribution in [0.4, 0.5) is 0 Å². The molecule has 3 aromatic carbocycles. The van der Waals surface area contributed by atoms with E-state index in [2.05, 4.69) is 89.3 Å². The smallest absolute Gasteiger partial charge is 0.166 e. The van der Waals surface area contributed by atoms with Gasteiger partial charge in [-0.1, -0.05) is 82.7 Å². The number of rotatable bonds is 5. The Bertz CT molecular complexity index is 1070. The van der Waals surface area contributed by atoms with Crippen molar-refractivity contribution in [3.63, 3.8) is 0 Å². The van der Waals surface area contributed by atoms with Crippen molar-refractivity contribution in [2.45, 2.75) is 51.4 Å². The number of ketones is 1. The van der Waals surface area contributed by atoms with E-state index in [1.165, 1.54) is 40.7 Å². The number of benzene rings is 3. The van der Waals surface area contributed by atoms with E-state index in [0.29, 0.717) is 11.7 Å². The SMILES string of the molecule is BrCc1ccccc1.Cc1cc2c(cc1C)C(=O)C(CC1CCN(Cc3ccccc3)CC1)C2. The zero-order chi connectivity index (χ0) is 23.9. The molecule has 0 radical (unpaired) electrons. The van der Waals surface area contributed by atoms with Gasteiger partial charge in [0.15, 0.2) is 5.78 Å². The van der Waals surface area contributed by atoms with Crippen LogP contribution >= 0.6 is 15.9 Å². The van der Waals surface area contributed by atoms with Crippen LogP contribution in [0.5, 0.6) is 0 Å². The molecule has 2 nitrogen and oxygen atoms in total. The predicted octanol–water partition coefficient (Wildman–Crippen LogP) is 7.54. The third-order valence-electron chi connectivity index (χ3n) is 7.39. The second-order valence-corrected chi connectivity index (χ2v) is 10.5. The lowest BCUT2D eigenvalue weighted by Gasteiger charge is -2.33. The van der Waals surface area contributed by atoms with E-state index in [-0.39, 0.29) is 5.92 Å². The third-order valence-corrected chi connectivity index (χ3v) is 8.04. The average Bonchev–Trinajstić information content (AvgIpc) is 3.16. The number of halogens is 1. The van der Waals surface area contributed by atoms with Crippen LogP contribution in [-0.4, -0.2) is 23.8 Å². The highest BCUT2D eigenvalue weighted by Crippen LogP contribution is 2.35. The molecule has 1 fully saturated rings. The summed E-state index contributed by atoms with van der Waals surface area (Å²) >= 11 is 3.36. The van der Waals surface area contributed by atoms with Gasteiger partial charge in [0.2, 0.25) is 0 Å². The zero-order valence-corrected chi connectivity index (χ0v) is 22.1. The van der Waals surface area contributed by atoms with Gasteiger partial charge < -0.3 is 0 Å². The van der Waals surface area contributed by atoms with Crippen LogP contribution in [0.2, 0.25) is 0 Å². The van der Waals surface area contributed by atoms with Gasteiger partial charge in [0, 0.05) is 23.4 Å². The number of Topliss-reactive ketones (excluding diaryl/α,β-unsaturated/α-hetero) is 1. The number of alkyl halides is 1. The van der Waals surface area contributed by atoms with Gasteiger partial charge in [-0.2, -0.15) is 0 Å². The predicted molar refractivity (Wildman–Crippen MR) is 146 cm³/mol. The molecule has 0 bridgehead atoms. The fourth-order valence-electron chi connectivity index (χ4n) is 5.23. The maximum atomic E-state index is 12.8. The second-order valence-electron chi connectivity index (χ2n) is 9.92. The van der Waals surface area contributed by atoms with Gasteiger partial charge in [-0.05, 0) is 92.4 Å². The number of carbonyl (C=O) groups excluding carboxylic acids is 1. The van der Waals surface area contributed by atoms with Crippen LogP contribution < -0.4 is 0 Å². The van der Waals surface area contributed by atoms with E-state index in [1.807, 2.05) is 18.2 Å². The van der Waals surface area contributed by atoms with Crippen molar-refractivity contribution >= 4 is 21.7 Å². The molecule has 1 heterocycles. The maximum Gasteiger partial charge on any atom is 0.166 e. The fraction of sp³-hybridized carbons (Fsp3) is 0.387. The van der Waals surface area contributed by atoms with E-state index in [1.54, 1.807) is 0 Å². The van der Waals surface area contributed by atoms with Crippen molar-refractivity contribution in [3.05, 3.63) is 106 Å². The molecule has 0 spiro atoms. The molecule has 2 aliphatic rings. The summed E-state index contributed by atoms with van der Waals surface area (Å²) in [5, 5.41) is 0.952. The van der Waals surface area contributed by atoms with E-state index in [0.717, 1.165) is 43.4 Å². The molecule has 1 saturated heterocycles. The largest absolute Gasteiger partial charge is 0.299 e. The highest BCUT2D eigenvalue weighted by molar-refractivity contribution is 9.08. The summed E-state index contributed by atoms with van der Waals surface area (Å²) in [4.78, 5) is 15.4. The fourth-order valence-corrected chi connectivity index (χ4v) is 5.61. The van der Waals surface area contributed by atoms with Gasteiger partial charge in [0.1, 0.15) is 0 Å². The molecule has 178 valence electrons. The first-order valence-corrected chi connectivity index (χ1v) is 13.7. The number of hydrogen-bond acceptors (Lipinski definition) is 2. The molecule has 1 aliphatic carbocycles. The average molecular weight is 519 g/mol. The number of hydrogen-bond donors (Lipinski definition) is 0.